The van der Waals surface area contributed by atoms with Gasteiger partial charge in [-0.1, -0.05) is 28.1 Å². The molecule has 3 aromatic rings. The van der Waals surface area contributed by atoms with Gasteiger partial charge < -0.3 is 4.98 Å². The molecule has 0 aliphatic rings. The molecule has 0 aliphatic heterocycles. The molecule has 1 N–H and O–H groups in total. The molecule has 0 saturated carbocycles. The molecular weight excluding hydrogens is 311 g/mol. The number of hydrogen-bond acceptors (Lipinski definition) is 2. The molecule has 0 radical (unpaired) electrons. The molecule has 0 aliphatic carbocycles. The van der Waals surface area contributed by atoms with E-state index in [2.05, 4.69) is 25.9 Å². The Labute approximate surface area is 116 Å². The number of aromatic amines is 1. The van der Waals surface area contributed by atoms with Crippen LogP contribution >= 0.6 is 15.9 Å². The van der Waals surface area contributed by atoms with E-state index in [4.69, 9.17) is 0 Å². The quantitative estimate of drug-likeness (QED) is 0.746. The summed E-state index contributed by atoms with van der Waals surface area (Å²) in [6, 6.07) is 11.6. The van der Waals surface area contributed by atoms with Crippen LogP contribution in [0.4, 0.5) is 4.39 Å². The minimum Gasteiger partial charge on any atom is -0.306 e. The highest BCUT2D eigenvalue weighted by molar-refractivity contribution is 9.10. The summed E-state index contributed by atoms with van der Waals surface area (Å²) in [5, 5.41) is 0.490. The second-order valence-corrected chi connectivity index (χ2v) is 4.97. The third kappa shape index (κ3) is 2.17. The van der Waals surface area contributed by atoms with E-state index in [-0.39, 0.29) is 16.9 Å². The van der Waals surface area contributed by atoms with Crippen molar-refractivity contribution >= 4 is 26.8 Å². The zero-order valence-electron chi connectivity index (χ0n) is 9.65. The molecule has 0 bridgehead atoms. The minimum atomic E-state index is -0.437. The number of benzene rings is 2. The van der Waals surface area contributed by atoms with Gasteiger partial charge in [0.15, 0.2) is 0 Å². The smallest absolute Gasteiger partial charge is 0.259 e. The summed E-state index contributed by atoms with van der Waals surface area (Å²) >= 11 is 3.19. The number of nitrogens with zero attached hydrogens (tertiary/aromatic N) is 1. The zero-order valence-corrected chi connectivity index (χ0v) is 11.2. The summed E-state index contributed by atoms with van der Waals surface area (Å²) < 4.78 is 14.5. The molecule has 3 rings (SSSR count). The molecule has 0 amide bonds. The van der Waals surface area contributed by atoms with E-state index in [9.17, 15) is 9.18 Å². The summed E-state index contributed by atoms with van der Waals surface area (Å²) in [5.74, 6) is -0.207. The van der Waals surface area contributed by atoms with Crippen LogP contribution in [0.5, 0.6) is 0 Å². The maximum absolute atomic E-state index is 13.9. The first kappa shape index (κ1) is 12.0. The van der Waals surface area contributed by atoms with Crippen LogP contribution in [0.25, 0.3) is 22.3 Å². The third-order valence-corrected chi connectivity index (χ3v) is 3.29. The van der Waals surface area contributed by atoms with Crippen LogP contribution in [0.1, 0.15) is 0 Å². The van der Waals surface area contributed by atoms with Crippen LogP contribution in [-0.2, 0) is 0 Å². The van der Waals surface area contributed by atoms with E-state index < -0.39 is 5.82 Å². The normalized spacial score (nSPS) is 10.8. The topological polar surface area (TPSA) is 45.8 Å². The van der Waals surface area contributed by atoms with Crippen molar-refractivity contribution in [2.24, 2.45) is 0 Å². The van der Waals surface area contributed by atoms with Gasteiger partial charge in [0.2, 0.25) is 0 Å². The standard InChI is InChI=1S/C14H8BrFN2O/c15-8-5-6-9(11(16)7-8)13-17-12-4-2-1-3-10(12)14(19)18-13/h1-7H,(H,17,18,19). The number of nitrogens with one attached hydrogen (secondary N) is 1. The Kier molecular flexibility index (Phi) is 2.91. The van der Waals surface area contributed by atoms with Gasteiger partial charge in [0.25, 0.3) is 5.56 Å². The Bertz CT molecular complexity index is 829. The van der Waals surface area contributed by atoms with Crippen molar-refractivity contribution in [3.8, 4) is 11.4 Å². The molecule has 1 heterocycles. The average Bonchev–Trinajstić information content (AvgIpc) is 2.38. The fourth-order valence-corrected chi connectivity index (χ4v) is 2.23. The van der Waals surface area contributed by atoms with Gasteiger partial charge in [-0.3, -0.25) is 4.79 Å². The van der Waals surface area contributed by atoms with E-state index in [1.165, 1.54) is 6.07 Å². The van der Waals surface area contributed by atoms with E-state index >= 15 is 0 Å². The lowest BCUT2D eigenvalue weighted by Crippen LogP contribution is -2.09. The summed E-state index contributed by atoms with van der Waals surface area (Å²) in [6.45, 7) is 0. The van der Waals surface area contributed by atoms with Gasteiger partial charge in [0, 0.05) is 4.47 Å². The van der Waals surface area contributed by atoms with Gasteiger partial charge >= 0.3 is 0 Å². The lowest BCUT2D eigenvalue weighted by atomic mass is 10.2. The van der Waals surface area contributed by atoms with Crippen LogP contribution in [0, 0.1) is 5.82 Å². The average molecular weight is 319 g/mol. The molecule has 0 spiro atoms. The first-order chi connectivity index (χ1) is 9.15. The van der Waals surface area contributed by atoms with Crippen molar-refractivity contribution in [1.82, 2.24) is 9.97 Å². The van der Waals surface area contributed by atoms with Crippen LogP contribution in [0.2, 0.25) is 0 Å². The highest BCUT2D eigenvalue weighted by atomic mass is 79.9. The molecule has 19 heavy (non-hydrogen) atoms. The van der Waals surface area contributed by atoms with Crippen molar-refractivity contribution in [3.63, 3.8) is 0 Å². The highest BCUT2D eigenvalue weighted by Crippen LogP contribution is 2.23. The fraction of sp³-hybridized carbons (Fsp3) is 0. The van der Waals surface area contributed by atoms with Crippen molar-refractivity contribution < 1.29 is 4.39 Å². The molecule has 94 valence electrons. The van der Waals surface area contributed by atoms with Crippen molar-refractivity contribution in [3.05, 3.63) is 63.1 Å². The maximum Gasteiger partial charge on any atom is 0.259 e. The van der Waals surface area contributed by atoms with Crippen LogP contribution in [-0.4, -0.2) is 9.97 Å². The number of halogens is 2. The molecule has 3 nitrogen and oxygen atoms in total. The highest BCUT2D eigenvalue weighted by Gasteiger charge is 2.10. The number of para-hydroxylation sites is 1. The van der Waals surface area contributed by atoms with Gasteiger partial charge in [-0.2, -0.15) is 0 Å². The zero-order chi connectivity index (χ0) is 13.4. The van der Waals surface area contributed by atoms with Crippen LogP contribution in [0.15, 0.2) is 51.7 Å². The van der Waals surface area contributed by atoms with E-state index in [1.807, 2.05) is 0 Å². The van der Waals surface area contributed by atoms with Crippen molar-refractivity contribution in [2.75, 3.05) is 0 Å². The number of rotatable bonds is 1. The molecule has 1 aromatic heterocycles. The van der Waals surface area contributed by atoms with Gasteiger partial charge in [-0.15, -0.1) is 0 Å². The summed E-state index contributed by atoms with van der Waals surface area (Å²) in [7, 11) is 0. The Morgan fingerprint density at radius 3 is 2.74 bits per heavy atom. The number of hydrogen-bond donors (Lipinski definition) is 1. The SMILES string of the molecule is O=c1[nH]c(-c2ccc(Br)cc2F)nc2ccccc12. The largest absolute Gasteiger partial charge is 0.306 e. The van der Waals surface area contributed by atoms with Gasteiger partial charge in [0.1, 0.15) is 11.6 Å². The summed E-state index contributed by atoms with van der Waals surface area (Å²) in [5.41, 5.74) is 0.539. The molecule has 0 unspecified atom stereocenters. The predicted molar refractivity (Wildman–Crippen MR) is 75.5 cm³/mol. The first-order valence-corrected chi connectivity index (χ1v) is 6.39. The predicted octanol–water partition coefficient (Wildman–Crippen LogP) is 3.49. The Hall–Kier alpha value is -2.01. The Morgan fingerprint density at radius 2 is 1.95 bits per heavy atom. The Balaban J connectivity index is 2.28. The molecule has 0 atom stereocenters. The third-order valence-electron chi connectivity index (χ3n) is 2.80. The van der Waals surface area contributed by atoms with E-state index in [0.29, 0.717) is 15.4 Å². The Morgan fingerprint density at radius 1 is 1.16 bits per heavy atom. The van der Waals surface area contributed by atoms with Crippen molar-refractivity contribution in [1.29, 1.82) is 0 Å². The lowest BCUT2D eigenvalue weighted by molar-refractivity contribution is 0.629. The lowest BCUT2D eigenvalue weighted by Gasteiger charge is -2.04. The molecule has 0 saturated heterocycles. The molecule has 0 fully saturated rings. The number of aromatic nitrogens is 2. The summed E-state index contributed by atoms with van der Waals surface area (Å²) in [6.07, 6.45) is 0. The second-order valence-electron chi connectivity index (χ2n) is 4.06. The number of fused-ring (bicyclic) bond motifs is 1. The van der Waals surface area contributed by atoms with Crippen molar-refractivity contribution in [2.45, 2.75) is 0 Å². The molecular formula is C14H8BrFN2O. The van der Waals surface area contributed by atoms with Crippen LogP contribution in [0.3, 0.4) is 0 Å². The van der Waals surface area contributed by atoms with Gasteiger partial charge in [0.05, 0.1) is 16.5 Å². The number of H-pyrrole nitrogens is 1. The van der Waals surface area contributed by atoms with E-state index in [0.717, 1.165) is 0 Å². The molecule has 2 aromatic carbocycles. The monoisotopic (exact) mass is 318 g/mol. The first-order valence-electron chi connectivity index (χ1n) is 5.59. The second kappa shape index (κ2) is 4.59. The maximum atomic E-state index is 13.9. The van der Waals surface area contributed by atoms with E-state index in [1.54, 1.807) is 36.4 Å². The minimum absolute atomic E-state index is 0.230. The fourth-order valence-electron chi connectivity index (χ4n) is 1.90. The summed E-state index contributed by atoms with van der Waals surface area (Å²) in [4.78, 5) is 18.8. The van der Waals surface area contributed by atoms with Crippen LogP contribution < -0.4 is 5.56 Å². The molecule has 5 heteroatoms. The van der Waals surface area contributed by atoms with Gasteiger partial charge in [-0.05, 0) is 30.3 Å². The van der Waals surface area contributed by atoms with Gasteiger partial charge in [-0.25, -0.2) is 9.37 Å².